The maximum atomic E-state index is 5.90. The van der Waals surface area contributed by atoms with E-state index in [2.05, 4.69) is 20.5 Å². The molecule has 0 atom stereocenters. The molecule has 2 heterocycles. The average molecular weight is 282 g/mol. The predicted octanol–water partition coefficient (Wildman–Crippen LogP) is 3.64. The predicted molar refractivity (Wildman–Crippen MR) is 62.5 cm³/mol. The standard InChI is InChI=1S/C7H3Cl3N4S/c8-4-6(12-7(10)14-13-4)11-3-1-2-15-5(3)9/h1-2H,(H,11,12,14). The Labute approximate surface area is 104 Å². The van der Waals surface area contributed by atoms with Crippen LogP contribution in [0.15, 0.2) is 11.4 Å². The van der Waals surface area contributed by atoms with Crippen LogP contribution in [0.25, 0.3) is 0 Å². The highest BCUT2D eigenvalue weighted by atomic mass is 35.5. The fraction of sp³-hybridized carbons (Fsp3) is 0. The van der Waals surface area contributed by atoms with Gasteiger partial charge < -0.3 is 5.32 Å². The van der Waals surface area contributed by atoms with Gasteiger partial charge in [-0.25, -0.2) is 0 Å². The van der Waals surface area contributed by atoms with Crippen molar-refractivity contribution in [3.05, 3.63) is 26.2 Å². The molecule has 2 aromatic rings. The zero-order valence-corrected chi connectivity index (χ0v) is 10.1. The van der Waals surface area contributed by atoms with E-state index in [9.17, 15) is 0 Å². The van der Waals surface area contributed by atoms with Crippen LogP contribution in [-0.4, -0.2) is 15.2 Å². The monoisotopic (exact) mass is 280 g/mol. The van der Waals surface area contributed by atoms with E-state index in [4.69, 9.17) is 34.8 Å². The molecular weight excluding hydrogens is 279 g/mol. The molecule has 2 rings (SSSR count). The van der Waals surface area contributed by atoms with Crippen molar-refractivity contribution in [3.8, 4) is 0 Å². The van der Waals surface area contributed by atoms with E-state index in [1.54, 1.807) is 6.07 Å². The summed E-state index contributed by atoms with van der Waals surface area (Å²) in [7, 11) is 0. The van der Waals surface area contributed by atoms with Gasteiger partial charge in [0.2, 0.25) is 5.28 Å². The van der Waals surface area contributed by atoms with E-state index in [-0.39, 0.29) is 10.4 Å². The van der Waals surface area contributed by atoms with Gasteiger partial charge in [0, 0.05) is 0 Å². The lowest BCUT2D eigenvalue weighted by Gasteiger charge is -2.04. The minimum Gasteiger partial charge on any atom is -0.336 e. The molecule has 0 amide bonds. The molecule has 0 aliphatic heterocycles. The second kappa shape index (κ2) is 4.49. The van der Waals surface area contributed by atoms with E-state index in [1.165, 1.54) is 11.3 Å². The van der Waals surface area contributed by atoms with E-state index < -0.39 is 0 Å². The van der Waals surface area contributed by atoms with E-state index >= 15 is 0 Å². The molecule has 0 spiro atoms. The highest BCUT2D eigenvalue weighted by Gasteiger charge is 2.08. The van der Waals surface area contributed by atoms with Crippen LogP contribution in [0.1, 0.15) is 0 Å². The van der Waals surface area contributed by atoms with Gasteiger partial charge in [0.05, 0.1) is 5.69 Å². The van der Waals surface area contributed by atoms with Gasteiger partial charge in [0.25, 0.3) is 0 Å². The summed E-state index contributed by atoms with van der Waals surface area (Å²) in [6.45, 7) is 0. The first-order valence-electron chi connectivity index (χ1n) is 3.72. The van der Waals surface area contributed by atoms with Gasteiger partial charge >= 0.3 is 0 Å². The molecular formula is C7H3Cl3N4S. The van der Waals surface area contributed by atoms with Gasteiger partial charge in [-0.1, -0.05) is 23.2 Å². The zero-order chi connectivity index (χ0) is 10.8. The lowest BCUT2D eigenvalue weighted by molar-refractivity contribution is 0.975. The summed E-state index contributed by atoms with van der Waals surface area (Å²) in [6, 6.07) is 1.80. The Kier molecular flexibility index (Phi) is 3.25. The van der Waals surface area contributed by atoms with Crippen molar-refractivity contribution in [2.24, 2.45) is 0 Å². The smallest absolute Gasteiger partial charge is 0.245 e. The Morgan fingerprint density at radius 2 is 2.00 bits per heavy atom. The number of rotatable bonds is 2. The summed E-state index contributed by atoms with van der Waals surface area (Å²) < 4.78 is 0.612. The maximum Gasteiger partial charge on any atom is 0.245 e. The number of hydrogen-bond acceptors (Lipinski definition) is 5. The molecule has 0 fully saturated rings. The minimum atomic E-state index is 0.0215. The van der Waals surface area contributed by atoms with E-state index in [0.717, 1.165) is 0 Å². The van der Waals surface area contributed by atoms with Crippen molar-refractivity contribution in [3.63, 3.8) is 0 Å². The summed E-state index contributed by atoms with van der Waals surface area (Å²) in [5.74, 6) is 0.331. The van der Waals surface area contributed by atoms with Gasteiger partial charge in [-0.2, -0.15) is 4.98 Å². The molecule has 2 aromatic heterocycles. The third-order valence-electron chi connectivity index (χ3n) is 1.49. The second-order valence-electron chi connectivity index (χ2n) is 2.45. The van der Waals surface area contributed by atoms with Crippen LogP contribution in [0, 0.1) is 0 Å². The molecule has 0 bridgehead atoms. The third kappa shape index (κ3) is 2.49. The summed E-state index contributed by atoms with van der Waals surface area (Å²) in [5.41, 5.74) is 0.708. The molecule has 15 heavy (non-hydrogen) atoms. The van der Waals surface area contributed by atoms with Gasteiger partial charge in [-0.05, 0) is 23.0 Å². The molecule has 0 aromatic carbocycles. The van der Waals surface area contributed by atoms with E-state index in [1.807, 2.05) is 5.38 Å². The Morgan fingerprint density at radius 3 is 2.67 bits per heavy atom. The molecule has 0 radical (unpaired) electrons. The number of hydrogen-bond donors (Lipinski definition) is 1. The molecule has 8 heteroatoms. The fourth-order valence-corrected chi connectivity index (χ4v) is 1.97. The first-order valence-corrected chi connectivity index (χ1v) is 5.74. The van der Waals surface area contributed by atoms with Crippen LogP contribution in [0.2, 0.25) is 14.8 Å². The minimum absolute atomic E-state index is 0.0215. The summed E-state index contributed by atoms with van der Waals surface area (Å²) in [4.78, 5) is 3.88. The summed E-state index contributed by atoms with van der Waals surface area (Å²) in [5, 5.41) is 12.0. The Hall–Kier alpha value is -0.620. The van der Waals surface area contributed by atoms with Crippen LogP contribution in [-0.2, 0) is 0 Å². The molecule has 4 nitrogen and oxygen atoms in total. The van der Waals surface area contributed by atoms with Gasteiger partial charge in [-0.3, -0.25) is 0 Å². The van der Waals surface area contributed by atoms with Crippen LogP contribution in [0.5, 0.6) is 0 Å². The van der Waals surface area contributed by atoms with Gasteiger partial charge in [-0.15, -0.1) is 21.5 Å². The Bertz CT molecular complexity index is 487. The number of thiophene rings is 1. The van der Waals surface area contributed by atoms with Gasteiger partial charge in [0.15, 0.2) is 11.0 Å². The molecule has 78 valence electrons. The van der Waals surface area contributed by atoms with Gasteiger partial charge in [0.1, 0.15) is 4.34 Å². The second-order valence-corrected chi connectivity index (χ2v) is 4.67. The molecule has 1 N–H and O–H groups in total. The number of anilines is 2. The van der Waals surface area contributed by atoms with Crippen LogP contribution in [0.4, 0.5) is 11.5 Å². The molecule has 0 saturated heterocycles. The van der Waals surface area contributed by atoms with Crippen molar-refractivity contribution in [1.82, 2.24) is 15.2 Å². The van der Waals surface area contributed by atoms with E-state index in [0.29, 0.717) is 15.8 Å². The van der Waals surface area contributed by atoms with Crippen molar-refractivity contribution >= 4 is 57.6 Å². The highest BCUT2D eigenvalue weighted by molar-refractivity contribution is 7.15. The quantitative estimate of drug-likeness (QED) is 0.913. The number of nitrogens with zero attached hydrogens (tertiary/aromatic N) is 3. The normalized spacial score (nSPS) is 10.3. The number of halogens is 3. The first kappa shape index (κ1) is 10.9. The largest absolute Gasteiger partial charge is 0.336 e. The van der Waals surface area contributed by atoms with Crippen molar-refractivity contribution in [2.45, 2.75) is 0 Å². The molecule has 0 aliphatic rings. The van der Waals surface area contributed by atoms with Crippen molar-refractivity contribution in [2.75, 3.05) is 5.32 Å². The lowest BCUT2D eigenvalue weighted by Crippen LogP contribution is -1.98. The Balaban J connectivity index is 2.32. The third-order valence-corrected chi connectivity index (χ3v) is 3.08. The van der Waals surface area contributed by atoms with Crippen LogP contribution in [0.3, 0.4) is 0 Å². The Morgan fingerprint density at radius 1 is 1.20 bits per heavy atom. The number of aromatic nitrogens is 3. The SMILES string of the molecule is Clc1nnc(Cl)c(Nc2ccsc2Cl)n1. The first-order chi connectivity index (χ1) is 7.16. The molecule has 0 unspecified atom stereocenters. The molecule has 0 aliphatic carbocycles. The molecule has 0 saturated carbocycles. The summed E-state index contributed by atoms with van der Waals surface area (Å²) in [6.07, 6.45) is 0. The zero-order valence-electron chi connectivity index (χ0n) is 7.04. The summed E-state index contributed by atoms with van der Waals surface area (Å²) >= 11 is 18.6. The maximum absolute atomic E-state index is 5.90. The number of nitrogens with one attached hydrogen (secondary N) is 1. The van der Waals surface area contributed by atoms with Crippen LogP contribution < -0.4 is 5.32 Å². The van der Waals surface area contributed by atoms with Crippen LogP contribution >= 0.6 is 46.1 Å². The van der Waals surface area contributed by atoms with Crippen molar-refractivity contribution < 1.29 is 0 Å². The lowest BCUT2D eigenvalue weighted by atomic mass is 10.5. The highest BCUT2D eigenvalue weighted by Crippen LogP contribution is 2.31. The topological polar surface area (TPSA) is 50.7 Å². The van der Waals surface area contributed by atoms with Crippen molar-refractivity contribution in [1.29, 1.82) is 0 Å². The fourth-order valence-electron chi connectivity index (χ4n) is 0.882. The average Bonchev–Trinajstić information content (AvgIpc) is 2.58.